The number of ketones is 1. The summed E-state index contributed by atoms with van der Waals surface area (Å²) >= 11 is 0. The number of nitrogens with zero attached hydrogens (tertiary/aromatic N) is 1. The van der Waals surface area contributed by atoms with E-state index in [4.69, 9.17) is 0 Å². The van der Waals surface area contributed by atoms with E-state index in [0.717, 1.165) is 13.1 Å². The van der Waals surface area contributed by atoms with Crippen molar-refractivity contribution in [2.75, 3.05) is 13.1 Å². The van der Waals surface area contributed by atoms with Crippen molar-refractivity contribution >= 4 is 5.78 Å². The molecular formula is C11H23NO. The minimum atomic E-state index is 0.125. The van der Waals surface area contributed by atoms with E-state index in [1.54, 1.807) is 0 Å². The van der Waals surface area contributed by atoms with Gasteiger partial charge in [0, 0.05) is 6.42 Å². The molecule has 13 heavy (non-hydrogen) atoms. The van der Waals surface area contributed by atoms with Gasteiger partial charge in [0.25, 0.3) is 0 Å². The second-order valence-corrected chi connectivity index (χ2v) is 3.73. The van der Waals surface area contributed by atoms with Crippen LogP contribution in [-0.2, 0) is 4.79 Å². The summed E-state index contributed by atoms with van der Waals surface area (Å²) in [4.78, 5) is 13.9. The fraction of sp³-hybridized carbons (Fsp3) is 0.909. The lowest BCUT2D eigenvalue weighted by Crippen LogP contribution is -2.44. The molecule has 0 N–H and O–H groups in total. The van der Waals surface area contributed by atoms with Gasteiger partial charge in [0.2, 0.25) is 0 Å². The molecule has 0 radical (unpaired) electrons. The van der Waals surface area contributed by atoms with Crippen molar-refractivity contribution in [2.45, 2.75) is 47.1 Å². The van der Waals surface area contributed by atoms with E-state index < -0.39 is 0 Å². The first-order valence-corrected chi connectivity index (χ1v) is 5.35. The van der Waals surface area contributed by atoms with Crippen LogP contribution in [0.25, 0.3) is 0 Å². The van der Waals surface area contributed by atoms with Crippen molar-refractivity contribution < 1.29 is 4.79 Å². The average molecular weight is 185 g/mol. The van der Waals surface area contributed by atoms with Gasteiger partial charge in [-0.05, 0) is 19.0 Å². The van der Waals surface area contributed by atoms with Crippen LogP contribution in [0.2, 0.25) is 0 Å². The lowest BCUT2D eigenvalue weighted by molar-refractivity contribution is -0.125. The molecule has 0 amide bonds. The molecule has 0 aliphatic heterocycles. The highest BCUT2D eigenvalue weighted by Gasteiger charge is 2.25. The molecule has 0 aromatic carbocycles. The van der Waals surface area contributed by atoms with E-state index >= 15 is 0 Å². The molecule has 1 atom stereocenters. The Kier molecular flexibility index (Phi) is 5.97. The molecule has 0 bridgehead atoms. The second-order valence-electron chi connectivity index (χ2n) is 3.73. The Hall–Kier alpha value is -0.370. The van der Waals surface area contributed by atoms with E-state index in [1.165, 1.54) is 0 Å². The lowest BCUT2D eigenvalue weighted by Gasteiger charge is -2.31. The molecule has 0 fully saturated rings. The molecule has 0 saturated carbocycles. The van der Waals surface area contributed by atoms with Crippen LogP contribution in [0, 0.1) is 5.92 Å². The predicted octanol–water partition coefficient (Wildman–Crippen LogP) is 2.33. The standard InChI is InChI=1S/C11H23NO/c1-6-10(13)11(9(4)5)12(7-2)8-3/h9,11H,6-8H2,1-5H3/t11-/m1/s1. The third-order valence-electron chi connectivity index (χ3n) is 2.52. The number of Topliss-reactive ketones (excluding diaryl/α,β-unsaturated/α-hetero) is 1. The van der Waals surface area contributed by atoms with Crippen LogP contribution >= 0.6 is 0 Å². The summed E-state index contributed by atoms with van der Waals surface area (Å²) in [6.45, 7) is 12.3. The Morgan fingerprint density at radius 2 is 1.62 bits per heavy atom. The minimum absolute atomic E-state index is 0.125. The fourth-order valence-electron chi connectivity index (χ4n) is 1.82. The summed E-state index contributed by atoms with van der Waals surface area (Å²) in [7, 11) is 0. The summed E-state index contributed by atoms with van der Waals surface area (Å²) in [5, 5.41) is 0. The summed E-state index contributed by atoms with van der Waals surface area (Å²) in [6.07, 6.45) is 0.652. The maximum absolute atomic E-state index is 11.7. The zero-order valence-electron chi connectivity index (χ0n) is 9.63. The quantitative estimate of drug-likeness (QED) is 0.633. The first-order valence-electron chi connectivity index (χ1n) is 5.35. The smallest absolute Gasteiger partial charge is 0.149 e. The molecule has 0 saturated heterocycles. The Morgan fingerprint density at radius 1 is 1.15 bits per heavy atom. The third kappa shape index (κ3) is 3.47. The number of carbonyl (C=O) groups excluding carboxylic acids is 1. The highest BCUT2D eigenvalue weighted by atomic mass is 16.1. The van der Waals surface area contributed by atoms with Crippen LogP contribution in [-0.4, -0.2) is 29.8 Å². The summed E-state index contributed by atoms with van der Waals surface area (Å²) in [5.74, 6) is 0.797. The maximum atomic E-state index is 11.7. The summed E-state index contributed by atoms with van der Waals surface area (Å²) in [6, 6.07) is 0.125. The molecular weight excluding hydrogens is 162 g/mol. The molecule has 0 unspecified atom stereocenters. The first-order chi connectivity index (χ1) is 6.08. The fourth-order valence-corrected chi connectivity index (χ4v) is 1.82. The first kappa shape index (κ1) is 12.6. The van der Waals surface area contributed by atoms with Gasteiger partial charge in [0.15, 0.2) is 0 Å². The van der Waals surface area contributed by atoms with Crippen molar-refractivity contribution in [3.8, 4) is 0 Å². The van der Waals surface area contributed by atoms with E-state index in [0.29, 0.717) is 18.1 Å². The van der Waals surface area contributed by atoms with Crippen LogP contribution in [0.5, 0.6) is 0 Å². The number of likely N-dealkylation sites (N-methyl/N-ethyl adjacent to an activating group) is 1. The van der Waals surface area contributed by atoms with Crippen molar-refractivity contribution in [3.63, 3.8) is 0 Å². The SMILES string of the molecule is CCC(=O)[C@@H](C(C)C)N(CC)CC. The number of rotatable bonds is 6. The Labute approximate surface area is 82.3 Å². The van der Waals surface area contributed by atoms with Crippen molar-refractivity contribution in [3.05, 3.63) is 0 Å². The van der Waals surface area contributed by atoms with Gasteiger partial charge in [-0.1, -0.05) is 34.6 Å². The van der Waals surface area contributed by atoms with E-state index in [9.17, 15) is 4.79 Å². The molecule has 0 spiro atoms. The molecule has 0 aromatic rings. The predicted molar refractivity (Wildman–Crippen MR) is 56.8 cm³/mol. The van der Waals surface area contributed by atoms with Crippen molar-refractivity contribution in [1.82, 2.24) is 4.90 Å². The highest BCUT2D eigenvalue weighted by Crippen LogP contribution is 2.13. The monoisotopic (exact) mass is 185 g/mol. The van der Waals surface area contributed by atoms with E-state index in [2.05, 4.69) is 32.6 Å². The molecule has 0 aliphatic carbocycles. The van der Waals surface area contributed by atoms with Gasteiger partial charge in [0.1, 0.15) is 5.78 Å². The number of hydrogen-bond donors (Lipinski definition) is 0. The average Bonchev–Trinajstić information content (AvgIpc) is 2.12. The number of carbonyl (C=O) groups is 1. The maximum Gasteiger partial charge on any atom is 0.149 e. The largest absolute Gasteiger partial charge is 0.298 e. The van der Waals surface area contributed by atoms with Crippen molar-refractivity contribution in [2.24, 2.45) is 5.92 Å². The number of hydrogen-bond acceptors (Lipinski definition) is 2. The highest BCUT2D eigenvalue weighted by molar-refractivity contribution is 5.83. The molecule has 2 heteroatoms. The Balaban J connectivity index is 4.47. The third-order valence-corrected chi connectivity index (χ3v) is 2.52. The molecule has 78 valence electrons. The van der Waals surface area contributed by atoms with E-state index in [-0.39, 0.29) is 6.04 Å². The Bertz CT molecular complexity index is 150. The molecule has 2 nitrogen and oxygen atoms in total. The zero-order valence-corrected chi connectivity index (χ0v) is 9.63. The van der Waals surface area contributed by atoms with Crippen LogP contribution in [0.15, 0.2) is 0 Å². The molecule has 0 aliphatic rings. The van der Waals surface area contributed by atoms with Gasteiger partial charge in [-0.2, -0.15) is 0 Å². The molecule has 0 heterocycles. The van der Waals surface area contributed by atoms with Gasteiger partial charge >= 0.3 is 0 Å². The van der Waals surface area contributed by atoms with Crippen LogP contribution in [0.4, 0.5) is 0 Å². The second kappa shape index (κ2) is 6.14. The molecule has 0 aromatic heterocycles. The summed E-state index contributed by atoms with van der Waals surface area (Å²) < 4.78 is 0. The van der Waals surface area contributed by atoms with Gasteiger partial charge in [-0.15, -0.1) is 0 Å². The van der Waals surface area contributed by atoms with E-state index in [1.807, 2.05) is 6.92 Å². The van der Waals surface area contributed by atoms with Crippen molar-refractivity contribution in [1.29, 1.82) is 0 Å². The summed E-state index contributed by atoms with van der Waals surface area (Å²) in [5.41, 5.74) is 0. The zero-order chi connectivity index (χ0) is 10.4. The minimum Gasteiger partial charge on any atom is -0.298 e. The normalized spacial score (nSPS) is 13.8. The van der Waals surface area contributed by atoms with Gasteiger partial charge < -0.3 is 0 Å². The Morgan fingerprint density at radius 3 is 1.85 bits per heavy atom. The lowest BCUT2D eigenvalue weighted by atomic mass is 9.96. The van der Waals surface area contributed by atoms with Gasteiger partial charge in [0.05, 0.1) is 6.04 Å². The van der Waals surface area contributed by atoms with Gasteiger partial charge in [-0.3, -0.25) is 9.69 Å². The van der Waals surface area contributed by atoms with Crippen LogP contribution in [0.1, 0.15) is 41.0 Å². The molecule has 0 rings (SSSR count). The van der Waals surface area contributed by atoms with Gasteiger partial charge in [-0.25, -0.2) is 0 Å². The van der Waals surface area contributed by atoms with Crippen LogP contribution in [0.3, 0.4) is 0 Å². The topological polar surface area (TPSA) is 20.3 Å². The van der Waals surface area contributed by atoms with Crippen LogP contribution < -0.4 is 0 Å².